The lowest BCUT2D eigenvalue weighted by Crippen LogP contribution is -2.33. The Morgan fingerprint density at radius 1 is 0.875 bits per heavy atom. The Morgan fingerprint density at radius 2 is 1.45 bits per heavy atom. The predicted octanol–water partition coefficient (Wildman–Crippen LogP) is 10.4. The van der Waals surface area contributed by atoms with Crippen molar-refractivity contribution in [3.05, 3.63) is 125 Å². The van der Waals surface area contributed by atoms with Gasteiger partial charge in [-0.25, -0.2) is 0 Å². The van der Waals surface area contributed by atoms with Gasteiger partial charge in [0.25, 0.3) is 0 Å². The first-order valence-electron chi connectivity index (χ1n) is 15.1. The van der Waals surface area contributed by atoms with Crippen molar-refractivity contribution in [2.45, 2.75) is 79.1 Å². The van der Waals surface area contributed by atoms with Crippen LogP contribution in [0.3, 0.4) is 0 Å². The molecule has 3 aromatic carbocycles. The zero-order chi connectivity index (χ0) is 29.3. The molecule has 0 spiro atoms. The third-order valence-electron chi connectivity index (χ3n) is 8.99. The summed E-state index contributed by atoms with van der Waals surface area (Å²) >= 11 is 0. The Hall–Kier alpha value is -3.16. The van der Waals surface area contributed by atoms with Gasteiger partial charge in [0.2, 0.25) is 0 Å². The molecule has 1 heteroatoms. The molecule has 0 unspecified atom stereocenters. The number of hydrogen-bond acceptors (Lipinski definition) is 1. The molecule has 1 fully saturated rings. The van der Waals surface area contributed by atoms with E-state index in [1.54, 1.807) is 0 Å². The third kappa shape index (κ3) is 7.12. The maximum Gasteiger partial charge on any atom is 0.0197 e. The van der Waals surface area contributed by atoms with E-state index in [9.17, 15) is 0 Å². The van der Waals surface area contributed by atoms with Crippen molar-refractivity contribution in [1.29, 1.82) is 0 Å². The standard InChI is InChI=1S/C37H47N.C2H4/c1-8-37(9-2,33-15-14-31(28(5)25-33)18-19-36(7)20-22-38-23-21-36)34-16-17-35(29(6)26-34)32-12-10-30(11-13-32)24-27(3)4;1-2/h10-19,25-26,38H,3,8-9,20-24H2,1-2,4-7H3;1-2H2/b19-18+;. The van der Waals surface area contributed by atoms with Gasteiger partial charge in [0.15, 0.2) is 0 Å². The van der Waals surface area contributed by atoms with Crippen molar-refractivity contribution in [1.82, 2.24) is 5.32 Å². The van der Waals surface area contributed by atoms with E-state index in [1.165, 1.54) is 62.9 Å². The number of allylic oxidation sites excluding steroid dienone is 2. The first kappa shape index (κ1) is 31.4. The van der Waals surface area contributed by atoms with Crippen LogP contribution >= 0.6 is 0 Å². The molecular weight excluding hydrogens is 482 g/mol. The molecule has 0 amide bonds. The largest absolute Gasteiger partial charge is 0.317 e. The van der Waals surface area contributed by atoms with Crippen molar-refractivity contribution in [3.63, 3.8) is 0 Å². The van der Waals surface area contributed by atoms with Crippen molar-refractivity contribution >= 4 is 6.08 Å². The number of nitrogens with one attached hydrogen (secondary N) is 1. The molecule has 0 radical (unpaired) electrons. The molecule has 4 rings (SSSR count). The van der Waals surface area contributed by atoms with Gasteiger partial charge < -0.3 is 5.32 Å². The van der Waals surface area contributed by atoms with E-state index in [0.717, 1.165) is 32.4 Å². The Balaban J connectivity index is 0.00000216. The predicted molar refractivity (Wildman–Crippen MR) is 178 cm³/mol. The highest BCUT2D eigenvalue weighted by Crippen LogP contribution is 2.41. The van der Waals surface area contributed by atoms with Crippen LogP contribution in [0.15, 0.2) is 92.0 Å². The minimum absolute atomic E-state index is 0.0165. The Morgan fingerprint density at radius 3 is 1.98 bits per heavy atom. The summed E-state index contributed by atoms with van der Waals surface area (Å²) in [5.41, 5.74) is 12.4. The minimum atomic E-state index is 0.0165. The topological polar surface area (TPSA) is 12.0 Å². The number of rotatable bonds is 9. The maximum atomic E-state index is 4.05. The molecule has 0 aliphatic carbocycles. The summed E-state index contributed by atoms with van der Waals surface area (Å²) in [6.07, 6.45) is 10.3. The van der Waals surface area contributed by atoms with Gasteiger partial charge in [-0.05, 0) is 116 Å². The van der Waals surface area contributed by atoms with Crippen LogP contribution in [0.4, 0.5) is 0 Å². The van der Waals surface area contributed by atoms with E-state index in [4.69, 9.17) is 0 Å². The normalized spacial score (nSPS) is 14.9. The van der Waals surface area contributed by atoms with Crippen LogP contribution in [-0.2, 0) is 11.8 Å². The number of aryl methyl sites for hydroxylation is 2. The molecule has 212 valence electrons. The van der Waals surface area contributed by atoms with Gasteiger partial charge in [0, 0.05) is 5.41 Å². The Bertz CT molecular complexity index is 1300. The average molecular weight is 534 g/mol. The van der Waals surface area contributed by atoms with E-state index < -0.39 is 0 Å². The monoisotopic (exact) mass is 533 g/mol. The first-order valence-corrected chi connectivity index (χ1v) is 15.1. The van der Waals surface area contributed by atoms with E-state index in [1.807, 2.05) is 0 Å². The van der Waals surface area contributed by atoms with Crippen LogP contribution < -0.4 is 5.32 Å². The zero-order valence-corrected chi connectivity index (χ0v) is 26.0. The second kappa shape index (κ2) is 14.0. The van der Waals surface area contributed by atoms with Crippen LogP contribution in [0.25, 0.3) is 17.2 Å². The van der Waals surface area contributed by atoms with Gasteiger partial charge in [-0.2, -0.15) is 0 Å². The molecule has 40 heavy (non-hydrogen) atoms. The molecular formula is C39H51N. The van der Waals surface area contributed by atoms with E-state index in [-0.39, 0.29) is 5.41 Å². The summed E-state index contributed by atoms with van der Waals surface area (Å²) in [5, 5.41) is 3.49. The summed E-state index contributed by atoms with van der Waals surface area (Å²) in [5.74, 6) is 0. The Labute approximate surface area is 245 Å². The molecule has 1 saturated heterocycles. The van der Waals surface area contributed by atoms with Crippen LogP contribution in [0.2, 0.25) is 0 Å². The van der Waals surface area contributed by atoms with Crippen LogP contribution in [0, 0.1) is 19.3 Å². The van der Waals surface area contributed by atoms with Gasteiger partial charge >= 0.3 is 0 Å². The fourth-order valence-electron chi connectivity index (χ4n) is 6.28. The molecule has 1 N–H and O–H groups in total. The molecule has 1 aliphatic rings. The average Bonchev–Trinajstić information content (AvgIpc) is 2.95. The fourth-order valence-corrected chi connectivity index (χ4v) is 6.28. The Kier molecular flexibility index (Phi) is 10.9. The summed E-state index contributed by atoms with van der Waals surface area (Å²) in [6.45, 7) is 26.0. The molecule has 0 saturated carbocycles. The van der Waals surface area contributed by atoms with Crippen molar-refractivity contribution in [2.24, 2.45) is 5.41 Å². The minimum Gasteiger partial charge on any atom is -0.317 e. The van der Waals surface area contributed by atoms with Crippen LogP contribution in [0.5, 0.6) is 0 Å². The van der Waals surface area contributed by atoms with Gasteiger partial charge in [-0.1, -0.05) is 106 Å². The SMILES string of the molecule is C=C.C=C(C)Cc1ccc(-c2ccc(C(CC)(CC)c3ccc(/C=C/C4(C)CCNCC4)c(C)c3)cc2C)cc1. The summed E-state index contributed by atoms with van der Waals surface area (Å²) in [7, 11) is 0. The molecule has 1 nitrogen and oxygen atoms in total. The molecule has 1 heterocycles. The first-order chi connectivity index (χ1) is 19.2. The summed E-state index contributed by atoms with van der Waals surface area (Å²) < 4.78 is 0. The van der Waals surface area contributed by atoms with Crippen LogP contribution in [-0.4, -0.2) is 13.1 Å². The molecule has 0 aromatic heterocycles. The second-order valence-electron chi connectivity index (χ2n) is 12.0. The number of benzene rings is 3. The van der Waals surface area contributed by atoms with E-state index in [0.29, 0.717) is 5.41 Å². The molecule has 0 atom stereocenters. The highest BCUT2D eigenvalue weighted by Gasteiger charge is 2.31. The zero-order valence-electron chi connectivity index (χ0n) is 26.0. The van der Waals surface area contributed by atoms with Crippen molar-refractivity contribution in [2.75, 3.05) is 13.1 Å². The van der Waals surface area contributed by atoms with Crippen LogP contribution in [0.1, 0.15) is 86.8 Å². The maximum absolute atomic E-state index is 4.05. The molecule has 1 aliphatic heterocycles. The van der Waals surface area contributed by atoms with Gasteiger partial charge in [0.1, 0.15) is 0 Å². The number of piperidine rings is 1. The highest BCUT2D eigenvalue weighted by atomic mass is 14.9. The van der Waals surface area contributed by atoms with Crippen molar-refractivity contribution < 1.29 is 0 Å². The number of hydrogen-bond donors (Lipinski definition) is 1. The highest BCUT2D eigenvalue weighted by molar-refractivity contribution is 5.68. The van der Waals surface area contributed by atoms with E-state index >= 15 is 0 Å². The third-order valence-corrected chi connectivity index (χ3v) is 8.99. The summed E-state index contributed by atoms with van der Waals surface area (Å²) in [4.78, 5) is 0. The van der Waals surface area contributed by atoms with Gasteiger partial charge in [0.05, 0.1) is 0 Å². The smallest absolute Gasteiger partial charge is 0.0197 e. The van der Waals surface area contributed by atoms with Crippen molar-refractivity contribution in [3.8, 4) is 11.1 Å². The quantitative estimate of drug-likeness (QED) is 0.270. The molecule has 0 bridgehead atoms. The molecule has 3 aromatic rings. The lowest BCUT2D eigenvalue weighted by molar-refractivity contribution is 0.303. The van der Waals surface area contributed by atoms with Gasteiger partial charge in [-0.15, -0.1) is 13.2 Å². The lowest BCUT2D eigenvalue weighted by Gasteiger charge is -2.34. The second-order valence-corrected chi connectivity index (χ2v) is 12.0. The fraction of sp³-hybridized carbons (Fsp3) is 0.385. The summed E-state index contributed by atoms with van der Waals surface area (Å²) in [6, 6.07) is 23.3. The van der Waals surface area contributed by atoms with Gasteiger partial charge in [-0.3, -0.25) is 0 Å². The van der Waals surface area contributed by atoms with E-state index in [2.05, 4.69) is 139 Å². The lowest BCUT2D eigenvalue weighted by atomic mass is 9.69.